The third kappa shape index (κ3) is 12.9. The summed E-state index contributed by atoms with van der Waals surface area (Å²) in [6.07, 6.45) is -19.6. The van der Waals surface area contributed by atoms with Crippen LogP contribution in [0.15, 0.2) is 146 Å². The van der Waals surface area contributed by atoms with Gasteiger partial charge < -0.3 is 0 Å². The quantitative estimate of drug-likeness (QED) is 0.0936. The van der Waals surface area contributed by atoms with Crippen LogP contribution in [0, 0.1) is 13.8 Å². The van der Waals surface area contributed by atoms with Gasteiger partial charge in [0.05, 0.1) is 22.3 Å². The van der Waals surface area contributed by atoms with Crippen LogP contribution in [-0.4, -0.2) is 9.52 Å². The van der Waals surface area contributed by atoms with E-state index in [4.69, 9.17) is 17.0 Å². The Bertz CT molecular complexity index is 2610. The number of hydrogen-bond donors (Lipinski definition) is 0. The Labute approximate surface area is 394 Å². The molecule has 0 atom stereocenters. The fourth-order valence-corrected chi connectivity index (χ4v) is 7.34. The second-order valence-electron chi connectivity index (χ2n) is 14.9. The maximum absolute atomic E-state index is 13.3. The molecule has 0 fully saturated rings. The van der Waals surface area contributed by atoms with Crippen LogP contribution in [0.25, 0.3) is 66.1 Å². The Morgan fingerprint density at radius 1 is 0.409 bits per heavy atom. The van der Waals surface area contributed by atoms with Crippen molar-refractivity contribution in [2.24, 2.45) is 0 Å². The minimum absolute atomic E-state index is 0.106. The first kappa shape index (κ1) is 52.4. The monoisotopic (exact) mass is 1050 g/mol. The molecule has 342 valence electrons. The molecule has 0 N–H and O–H groups in total. The first-order chi connectivity index (χ1) is 30.9. The van der Waals surface area contributed by atoms with Crippen molar-refractivity contribution in [1.82, 2.24) is 0 Å². The SMILES string of the molecule is C[Si]C.Cc1ccc2[cH-]c(-c3ccccc3)cc2c1-c1cc(C(F)(F)F)cc(C(F)(F)F)c1.Cc1ccc2[cH-]c(-c3ccccc3)cc2c1-c1cc(C(F)(F)F)cc(C(F)(F)F)c1.[Cl][Zr+2][Cl]. The Balaban J connectivity index is 0.000000221. The second kappa shape index (κ2) is 21.6. The molecule has 0 nitrogen and oxygen atoms in total. The van der Waals surface area contributed by atoms with Gasteiger partial charge in [-0.1, -0.05) is 108 Å². The second-order valence-corrected chi connectivity index (χ2v) is 19.6. The minimum atomic E-state index is -4.89. The topological polar surface area (TPSA) is 0 Å². The van der Waals surface area contributed by atoms with Crippen molar-refractivity contribution in [2.45, 2.75) is 51.6 Å². The molecule has 66 heavy (non-hydrogen) atoms. The number of hydrogen-bond acceptors (Lipinski definition) is 0. The van der Waals surface area contributed by atoms with Crippen molar-refractivity contribution in [3.63, 3.8) is 0 Å². The van der Waals surface area contributed by atoms with Crippen LogP contribution < -0.4 is 0 Å². The summed E-state index contributed by atoms with van der Waals surface area (Å²) in [5.41, 5.74) is -0.0429. The van der Waals surface area contributed by atoms with E-state index < -0.39 is 67.8 Å². The van der Waals surface area contributed by atoms with Crippen molar-refractivity contribution in [3.8, 4) is 44.5 Å². The van der Waals surface area contributed by atoms with E-state index in [1.165, 1.54) is 0 Å². The molecule has 0 bridgehead atoms. The van der Waals surface area contributed by atoms with Crippen molar-refractivity contribution in [2.75, 3.05) is 0 Å². The van der Waals surface area contributed by atoms with E-state index in [-0.39, 0.29) is 23.3 Å². The summed E-state index contributed by atoms with van der Waals surface area (Å²) in [5.74, 6) is 0. The van der Waals surface area contributed by atoms with Crippen LogP contribution in [0.2, 0.25) is 13.1 Å². The Hall–Kier alpha value is -4.62. The molecule has 8 aromatic carbocycles. The molecule has 8 rings (SSSR count). The van der Waals surface area contributed by atoms with Crippen molar-refractivity contribution in [1.29, 1.82) is 0 Å². The summed E-state index contributed by atoms with van der Waals surface area (Å²) in [5, 5.41) is 2.73. The average molecular weight is 1060 g/mol. The van der Waals surface area contributed by atoms with Crippen LogP contribution in [0.3, 0.4) is 0 Å². The van der Waals surface area contributed by atoms with Gasteiger partial charge in [-0.05, 0) is 72.5 Å². The van der Waals surface area contributed by atoms with Crippen molar-refractivity contribution < 1.29 is 73.5 Å². The molecule has 0 aliphatic rings. The molecule has 16 heteroatoms. The van der Waals surface area contributed by atoms with Gasteiger partial charge in [0, 0.05) is 9.52 Å². The van der Waals surface area contributed by atoms with Gasteiger partial charge in [-0.2, -0.15) is 52.7 Å². The molecule has 2 radical (unpaired) electrons. The summed E-state index contributed by atoms with van der Waals surface area (Å²) < 4.78 is 160. The van der Waals surface area contributed by atoms with Gasteiger partial charge in [0.1, 0.15) is 0 Å². The Kier molecular flexibility index (Phi) is 17.1. The van der Waals surface area contributed by atoms with E-state index in [1.54, 1.807) is 38.1 Å². The molecule has 0 aromatic heterocycles. The van der Waals surface area contributed by atoms with Gasteiger partial charge in [0.25, 0.3) is 0 Å². The zero-order valence-corrected chi connectivity index (χ0v) is 40.1. The molecular weight excluding hydrogens is 1020 g/mol. The first-order valence-corrected chi connectivity index (χ1v) is 27.9. The van der Waals surface area contributed by atoms with Crippen molar-refractivity contribution in [3.05, 3.63) is 179 Å². The van der Waals surface area contributed by atoms with E-state index in [2.05, 4.69) is 13.1 Å². The summed E-state index contributed by atoms with van der Waals surface area (Å²) >= 11 is -0.826. The van der Waals surface area contributed by atoms with E-state index in [1.807, 2.05) is 84.9 Å². The van der Waals surface area contributed by atoms with Gasteiger partial charge >= 0.3 is 62.6 Å². The van der Waals surface area contributed by atoms with E-state index >= 15 is 0 Å². The summed E-state index contributed by atoms with van der Waals surface area (Å²) in [7, 11) is 11.0. The van der Waals surface area contributed by atoms with Gasteiger partial charge in [-0.25, -0.2) is 0 Å². The van der Waals surface area contributed by atoms with Gasteiger partial charge in [0.15, 0.2) is 0 Å². The number of alkyl halides is 12. The zero-order chi connectivity index (χ0) is 48.8. The molecule has 8 aromatic rings. The van der Waals surface area contributed by atoms with Crippen LogP contribution in [-0.2, 0) is 45.6 Å². The molecule has 0 unspecified atom stereocenters. The molecule has 0 saturated carbocycles. The van der Waals surface area contributed by atoms with Gasteiger partial charge in [-0.15, -0.1) is 69.1 Å². The molecule has 0 aliphatic carbocycles. The third-order valence-electron chi connectivity index (χ3n) is 10.2. The van der Waals surface area contributed by atoms with Crippen LogP contribution in [0.4, 0.5) is 52.7 Å². The number of halogens is 14. The molecule has 0 spiro atoms. The van der Waals surface area contributed by atoms with Crippen molar-refractivity contribution >= 4 is 48.1 Å². The Morgan fingerprint density at radius 2 is 0.682 bits per heavy atom. The standard InChI is InChI=1S/2C24H15F6.C2H6Si.2ClH.Zr/c2*1-14-7-8-16-9-17(15-5-3-2-4-6-15)12-21(16)22(14)18-10-19(23(25,26)27)13-20(11-18)24(28,29)30;1-3-2;;;/h2*2-13H,1H3;1-2H3;2*1H;/q2*-1;;;;+4/p-2. The molecule has 0 heterocycles. The van der Waals surface area contributed by atoms with Gasteiger partial charge in [-0.3, -0.25) is 0 Å². The fraction of sp³-hybridized carbons (Fsp3) is 0.160. The average Bonchev–Trinajstić information content (AvgIpc) is 3.89. The van der Waals surface area contributed by atoms with E-state index in [9.17, 15) is 52.7 Å². The normalized spacial score (nSPS) is 11.8. The van der Waals surface area contributed by atoms with Crippen LogP contribution in [0.1, 0.15) is 33.4 Å². The predicted molar refractivity (Wildman–Crippen MR) is 239 cm³/mol. The number of aryl methyl sites for hydroxylation is 2. The first-order valence-electron chi connectivity index (χ1n) is 19.6. The Morgan fingerprint density at radius 3 is 0.939 bits per heavy atom. The molecule has 0 aliphatic heterocycles. The van der Waals surface area contributed by atoms with E-state index in [0.29, 0.717) is 33.0 Å². The fourth-order valence-electron chi connectivity index (χ4n) is 7.34. The molecular formula is C50H36Cl2F12SiZr. The predicted octanol–water partition coefficient (Wildman–Crippen LogP) is 18.6. The van der Waals surface area contributed by atoms with E-state index in [0.717, 1.165) is 66.8 Å². The third-order valence-corrected chi connectivity index (χ3v) is 10.2. The zero-order valence-electron chi connectivity index (χ0n) is 35.1. The summed E-state index contributed by atoms with van der Waals surface area (Å²) in [6.45, 7) is 7.66. The molecule has 0 saturated heterocycles. The maximum atomic E-state index is 13.3. The summed E-state index contributed by atoms with van der Waals surface area (Å²) in [6, 6.07) is 36.6. The van der Waals surface area contributed by atoms with Crippen LogP contribution >= 0.6 is 17.0 Å². The molecule has 0 amide bonds. The van der Waals surface area contributed by atoms with Crippen LogP contribution in [0.5, 0.6) is 0 Å². The summed E-state index contributed by atoms with van der Waals surface area (Å²) in [4.78, 5) is 0. The number of rotatable bonds is 4. The number of fused-ring (bicyclic) bond motifs is 2. The van der Waals surface area contributed by atoms with Gasteiger partial charge in [0.2, 0.25) is 0 Å². The number of benzene rings is 6.